The van der Waals surface area contributed by atoms with E-state index in [9.17, 15) is 4.79 Å². The summed E-state index contributed by atoms with van der Waals surface area (Å²) in [5.74, 6) is -0.150. The molecular weight excluding hydrogens is 354 g/mol. The quantitative estimate of drug-likeness (QED) is 0.508. The van der Waals surface area contributed by atoms with Gasteiger partial charge >= 0.3 is 5.97 Å². The van der Waals surface area contributed by atoms with Gasteiger partial charge in [-0.05, 0) is 24.6 Å². The summed E-state index contributed by atoms with van der Waals surface area (Å²) in [5, 5.41) is 7.66. The van der Waals surface area contributed by atoms with Crippen molar-refractivity contribution in [1.29, 1.82) is 0 Å². The smallest absolute Gasteiger partial charge is 0.345 e. The van der Waals surface area contributed by atoms with Crippen LogP contribution in [0.5, 0.6) is 5.88 Å². The Bertz CT molecular complexity index is 1100. The number of carbonyl (C=O) groups is 1. The lowest BCUT2D eigenvalue weighted by atomic mass is 10.1. The van der Waals surface area contributed by atoms with Crippen LogP contribution in [0, 0.1) is 0 Å². The maximum atomic E-state index is 11.9. The number of esters is 1. The van der Waals surface area contributed by atoms with E-state index in [1.54, 1.807) is 6.92 Å². The van der Waals surface area contributed by atoms with Crippen molar-refractivity contribution in [3.8, 4) is 17.1 Å². The molecule has 0 aliphatic carbocycles. The molecule has 6 heteroatoms. The van der Waals surface area contributed by atoms with Crippen molar-refractivity contribution < 1.29 is 14.3 Å². The van der Waals surface area contributed by atoms with Crippen molar-refractivity contribution >= 4 is 16.9 Å². The van der Waals surface area contributed by atoms with Crippen LogP contribution in [-0.4, -0.2) is 27.8 Å². The third-order valence-electron chi connectivity index (χ3n) is 4.33. The molecule has 0 saturated carbocycles. The molecule has 0 aliphatic heterocycles. The Labute approximate surface area is 162 Å². The van der Waals surface area contributed by atoms with Crippen LogP contribution in [-0.2, 0) is 11.3 Å². The largest absolute Gasteiger partial charge is 0.472 e. The normalized spacial score (nSPS) is 10.8. The number of aromatic amines is 1. The van der Waals surface area contributed by atoms with Gasteiger partial charge in [0.05, 0.1) is 24.0 Å². The second-order valence-corrected chi connectivity index (χ2v) is 6.21. The van der Waals surface area contributed by atoms with E-state index in [1.807, 2.05) is 54.6 Å². The minimum absolute atomic E-state index is 0.291. The Balaban J connectivity index is 1.46. The number of pyridine rings is 1. The van der Waals surface area contributed by atoms with E-state index in [4.69, 9.17) is 14.5 Å². The van der Waals surface area contributed by atoms with Gasteiger partial charge in [-0.25, -0.2) is 14.9 Å². The van der Waals surface area contributed by atoms with E-state index in [2.05, 4.69) is 16.3 Å². The summed E-state index contributed by atoms with van der Waals surface area (Å²) in [6, 6.07) is 20.1. The fraction of sp³-hybridized carbons (Fsp3) is 0.136. The van der Waals surface area contributed by atoms with Crippen LogP contribution in [0.2, 0.25) is 0 Å². The Morgan fingerprint density at radius 1 is 1.04 bits per heavy atom. The molecule has 0 aliphatic rings. The van der Waals surface area contributed by atoms with Gasteiger partial charge in [0.1, 0.15) is 12.2 Å². The van der Waals surface area contributed by atoms with Crippen LogP contribution in [0.25, 0.3) is 22.2 Å². The predicted molar refractivity (Wildman–Crippen MR) is 106 cm³/mol. The predicted octanol–water partition coefficient (Wildman–Crippen LogP) is 4.38. The molecule has 0 unspecified atom stereocenters. The summed E-state index contributed by atoms with van der Waals surface area (Å²) < 4.78 is 10.7. The van der Waals surface area contributed by atoms with Crippen LogP contribution in [0.3, 0.4) is 0 Å². The second-order valence-electron chi connectivity index (χ2n) is 6.21. The molecule has 0 radical (unpaired) electrons. The minimum Gasteiger partial charge on any atom is -0.472 e. The highest BCUT2D eigenvalue weighted by Gasteiger charge is 2.16. The Kier molecular flexibility index (Phi) is 5.01. The molecule has 2 heterocycles. The lowest BCUT2D eigenvalue weighted by Crippen LogP contribution is -2.06. The number of para-hydroxylation sites is 1. The first-order valence-corrected chi connectivity index (χ1v) is 9.03. The van der Waals surface area contributed by atoms with Crippen molar-refractivity contribution in [1.82, 2.24) is 15.2 Å². The highest BCUT2D eigenvalue weighted by Crippen LogP contribution is 2.22. The summed E-state index contributed by atoms with van der Waals surface area (Å²) in [7, 11) is 0. The summed E-state index contributed by atoms with van der Waals surface area (Å²) >= 11 is 0. The van der Waals surface area contributed by atoms with E-state index in [1.165, 1.54) is 6.20 Å². The maximum Gasteiger partial charge on any atom is 0.345 e. The van der Waals surface area contributed by atoms with Crippen molar-refractivity contribution in [2.75, 3.05) is 6.61 Å². The summed E-state index contributed by atoms with van der Waals surface area (Å²) in [6.07, 6.45) is 1.40. The maximum absolute atomic E-state index is 11.9. The Morgan fingerprint density at radius 3 is 2.68 bits per heavy atom. The first-order valence-electron chi connectivity index (χ1n) is 9.03. The van der Waals surface area contributed by atoms with E-state index in [0.29, 0.717) is 24.7 Å². The SMILES string of the molecule is CCOC(=O)c1cn[nH]c1OCc1ccc(-c2ccc3ccccc3n2)cc1. The van der Waals surface area contributed by atoms with E-state index >= 15 is 0 Å². The van der Waals surface area contributed by atoms with Crippen LogP contribution in [0.15, 0.2) is 66.9 Å². The van der Waals surface area contributed by atoms with Gasteiger partial charge in [0.15, 0.2) is 0 Å². The molecule has 140 valence electrons. The summed E-state index contributed by atoms with van der Waals surface area (Å²) in [5.41, 5.74) is 4.18. The van der Waals surface area contributed by atoms with Crippen LogP contribution in [0.1, 0.15) is 22.8 Å². The lowest BCUT2D eigenvalue weighted by molar-refractivity contribution is 0.0521. The molecule has 4 rings (SSSR count). The number of fused-ring (bicyclic) bond motifs is 1. The van der Waals surface area contributed by atoms with Crippen LogP contribution < -0.4 is 4.74 Å². The number of carbonyl (C=O) groups excluding carboxylic acids is 1. The number of ether oxygens (including phenoxy) is 2. The Hall–Kier alpha value is -3.67. The minimum atomic E-state index is -0.455. The van der Waals surface area contributed by atoms with Crippen molar-refractivity contribution in [3.05, 3.63) is 78.0 Å². The van der Waals surface area contributed by atoms with E-state index < -0.39 is 5.97 Å². The van der Waals surface area contributed by atoms with E-state index in [0.717, 1.165) is 27.7 Å². The van der Waals surface area contributed by atoms with Crippen molar-refractivity contribution in [3.63, 3.8) is 0 Å². The first-order chi connectivity index (χ1) is 13.7. The fourth-order valence-corrected chi connectivity index (χ4v) is 2.89. The molecule has 0 atom stereocenters. The van der Waals surface area contributed by atoms with Gasteiger partial charge < -0.3 is 9.47 Å². The number of hydrogen-bond donors (Lipinski definition) is 1. The molecule has 0 saturated heterocycles. The second kappa shape index (κ2) is 7.92. The van der Waals surface area contributed by atoms with Crippen LogP contribution >= 0.6 is 0 Å². The molecule has 6 nitrogen and oxygen atoms in total. The molecule has 1 N–H and O–H groups in total. The topological polar surface area (TPSA) is 77.1 Å². The van der Waals surface area contributed by atoms with Gasteiger partial charge in [-0.15, -0.1) is 0 Å². The number of aromatic nitrogens is 3. The third-order valence-corrected chi connectivity index (χ3v) is 4.33. The van der Waals surface area contributed by atoms with Gasteiger partial charge in [0.2, 0.25) is 5.88 Å². The van der Waals surface area contributed by atoms with Gasteiger partial charge in [0.25, 0.3) is 0 Å². The zero-order valence-corrected chi connectivity index (χ0v) is 15.4. The van der Waals surface area contributed by atoms with Crippen molar-refractivity contribution in [2.45, 2.75) is 13.5 Å². The number of hydrogen-bond acceptors (Lipinski definition) is 5. The van der Waals surface area contributed by atoms with E-state index in [-0.39, 0.29) is 0 Å². The monoisotopic (exact) mass is 373 g/mol. The summed E-state index contributed by atoms with van der Waals surface area (Å²) in [6.45, 7) is 2.36. The average Bonchev–Trinajstić information content (AvgIpc) is 3.21. The highest BCUT2D eigenvalue weighted by atomic mass is 16.5. The molecule has 0 spiro atoms. The Morgan fingerprint density at radius 2 is 1.86 bits per heavy atom. The molecule has 2 aromatic heterocycles. The van der Waals surface area contributed by atoms with Gasteiger partial charge in [-0.1, -0.05) is 48.5 Å². The highest BCUT2D eigenvalue weighted by molar-refractivity contribution is 5.91. The van der Waals surface area contributed by atoms with Gasteiger partial charge in [-0.3, -0.25) is 0 Å². The molecule has 28 heavy (non-hydrogen) atoms. The number of nitrogens with zero attached hydrogens (tertiary/aromatic N) is 2. The summed E-state index contributed by atoms with van der Waals surface area (Å²) in [4.78, 5) is 16.6. The zero-order valence-electron chi connectivity index (χ0n) is 15.4. The van der Waals surface area contributed by atoms with Gasteiger partial charge in [0, 0.05) is 10.9 Å². The van der Waals surface area contributed by atoms with Crippen LogP contribution in [0.4, 0.5) is 0 Å². The molecule has 0 fully saturated rings. The third kappa shape index (κ3) is 3.71. The molecular formula is C22H19N3O3. The molecule has 0 amide bonds. The number of H-pyrrole nitrogens is 1. The standard InChI is InChI=1S/C22H19N3O3/c1-2-27-22(26)18-13-23-25-21(18)28-14-15-7-9-17(10-8-15)20-12-11-16-5-3-4-6-19(16)24-20/h3-13H,2,14H2,1H3,(H,23,25). The van der Waals surface area contributed by atoms with Crippen molar-refractivity contribution in [2.24, 2.45) is 0 Å². The number of benzene rings is 2. The molecule has 2 aromatic carbocycles. The van der Waals surface area contributed by atoms with Gasteiger partial charge in [-0.2, -0.15) is 5.10 Å². The molecule has 0 bridgehead atoms. The fourth-order valence-electron chi connectivity index (χ4n) is 2.89. The number of rotatable bonds is 6. The zero-order chi connectivity index (χ0) is 19.3. The lowest BCUT2D eigenvalue weighted by Gasteiger charge is -2.08. The number of nitrogens with one attached hydrogen (secondary N) is 1. The first kappa shape index (κ1) is 17.7. The molecule has 4 aromatic rings. The average molecular weight is 373 g/mol.